The molecule has 1 amide bonds. The monoisotopic (exact) mass is 394 g/mol. The fraction of sp³-hybridized carbons (Fsp3) is 0.227. The topological polar surface area (TPSA) is 90.5 Å². The first-order chi connectivity index (χ1) is 13.8. The number of carbonyl (C=O) groups is 3. The van der Waals surface area contributed by atoms with Gasteiger partial charge in [0.15, 0.2) is 12.4 Å². The Balaban J connectivity index is 1.61. The highest BCUT2D eigenvalue weighted by molar-refractivity contribution is 5.98. The van der Waals surface area contributed by atoms with Crippen LogP contribution in [0.4, 0.5) is 5.69 Å². The second-order valence-electron chi connectivity index (χ2n) is 6.71. The predicted molar refractivity (Wildman–Crippen MR) is 107 cm³/mol. The lowest BCUT2D eigenvalue weighted by atomic mass is 10.1. The number of nitrogens with one attached hydrogen (secondary N) is 1. The molecule has 7 nitrogen and oxygen atoms in total. The minimum absolute atomic E-state index is 0.0996. The van der Waals surface area contributed by atoms with Crippen LogP contribution in [0.2, 0.25) is 0 Å². The van der Waals surface area contributed by atoms with Crippen molar-refractivity contribution in [2.24, 2.45) is 0 Å². The number of aromatic nitrogens is 1. The molecule has 150 valence electrons. The van der Waals surface area contributed by atoms with E-state index in [2.05, 4.69) is 5.32 Å². The summed E-state index contributed by atoms with van der Waals surface area (Å²) in [4.78, 5) is 36.0. The lowest BCUT2D eigenvalue weighted by Crippen LogP contribution is -2.21. The van der Waals surface area contributed by atoms with Gasteiger partial charge in [0.2, 0.25) is 0 Å². The van der Waals surface area contributed by atoms with Crippen molar-refractivity contribution in [1.82, 2.24) is 4.57 Å². The third kappa shape index (κ3) is 4.82. The molecule has 29 heavy (non-hydrogen) atoms. The number of benzene rings is 1. The van der Waals surface area contributed by atoms with Gasteiger partial charge in [0.1, 0.15) is 5.76 Å². The van der Waals surface area contributed by atoms with Crippen LogP contribution in [0.15, 0.2) is 53.1 Å². The first-order valence-electron chi connectivity index (χ1n) is 9.12. The molecule has 0 spiro atoms. The molecular formula is C22H22N2O5. The summed E-state index contributed by atoms with van der Waals surface area (Å²) in [5.74, 6) is -0.379. The third-order valence-corrected chi connectivity index (χ3v) is 4.57. The summed E-state index contributed by atoms with van der Waals surface area (Å²) < 4.78 is 12.5. The van der Waals surface area contributed by atoms with Crippen LogP contribution in [0.5, 0.6) is 0 Å². The fourth-order valence-electron chi connectivity index (χ4n) is 3.03. The standard InChI is InChI=1S/C22H22N2O5/c1-14-10-20(15(2)24(14)12-19-8-5-9-28-19)22(27)29-13-21(26)23-18-7-4-6-17(11-18)16(3)25/h4-11H,12-13H2,1-3H3,(H,23,26). The molecule has 0 aliphatic rings. The van der Waals surface area contributed by atoms with E-state index in [0.29, 0.717) is 23.4 Å². The average Bonchev–Trinajstić information content (AvgIpc) is 3.30. The van der Waals surface area contributed by atoms with Gasteiger partial charge in [0, 0.05) is 22.6 Å². The maximum absolute atomic E-state index is 12.5. The Kier molecular flexibility index (Phi) is 5.97. The van der Waals surface area contributed by atoms with Gasteiger partial charge in [0.05, 0.1) is 18.4 Å². The van der Waals surface area contributed by atoms with Crippen molar-refractivity contribution in [1.29, 1.82) is 0 Å². The fourth-order valence-corrected chi connectivity index (χ4v) is 3.03. The maximum atomic E-state index is 12.5. The van der Waals surface area contributed by atoms with Gasteiger partial charge in [0.25, 0.3) is 5.91 Å². The molecule has 0 saturated carbocycles. The van der Waals surface area contributed by atoms with Crippen molar-refractivity contribution in [3.05, 3.63) is 77.0 Å². The molecule has 0 saturated heterocycles. The molecule has 0 aliphatic carbocycles. The van der Waals surface area contributed by atoms with E-state index in [1.165, 1.54) is 6.92 Å². The summed E-state index contributed by atoms with van der Waals surface area (Å²) in [7, 11) is 0. The van der Waals surface area contributed by atoms with Crippen LogP contribution in [0.1, 0.15) is 44.8 Å². The molecule has 2 aromatic heterocycles. The predicted octanol–water partition coefficient (Wildman–Crippen LogP) is 3.74. The summed E-state index contributed by atoms with van der Waals surface area (Å²) in [5, 5.41) is 2.62. The van der Waals surface area contributed by atoms with Crippen molar-refractivity contribution in [2.75, 3.05) is 11.9 Å². The zero-order valence-corrected chi connectivity index (χ0v) is 16.5. The number of ether oxygens (including phenoxy) is 1. The van der Waals surface area contributed by atoms with Gasteiger partial charge in [-0.3, -0.25) is 9.59 Å². The molecule has 1 aromatic carbocycles. The smallest absolute Gasteiger partial charge is 0.340 e. The van der Waals surface area contributed by atoms with Crippen LogP contribution >= 0.6 is 0 Å². The van der Waals surface area contributed by atoms with E-state index in [1.54, 1.807) is 36.6 Å². The Morgan fingerprint density at radius 3 is 2.59 bits per heavy atom. The number of hydrogen-bond acceptors (Lipinski definition) is 5. The average molecular weight is 394 g/mol. The first-order valence-corrected chi connectivity index (χ1v) is 9.12. The van der Waals surface area contributed by atoms with Gasteiger partial charge < -0.3 is 19.0 Å². The SMILES string of the molecule is CC(=O)c1cccc(NC(=O)COC(=O)c2cc(C)n(Cc3ccco3)c2C)c1. The van der Waals surface area contributed by atoms with E-state index < -0.39 is 18.5 Å². The van der Waals surface area contributed by atoms with Crippen molar-refractivity contribution in [3.8, 4) is 0 Å². The number of rotatable bonds is 7. The van der Waals surface area contributed by atoms with Gasteiger partial charge in [-0.05, 0) is 51.1 Å². The number of hydrogen-bond donors (Lipinski definition) is 1. The normalized spacial score (nSPS) is 10.6. The number of carbonyl (C=O) groups excluding carboxylic acids is 3. The Morgan fingerprint density at radius 1 is 1.10 bits per heavy atom. The van der Waals surface area contributed by atoms with Gasteiger partial charge in [-0.1, -0.05) is 12.1 Å². The van der Waals surface area contributed by atoms with Crippen LogP contribution in [0, 0.1) is 13.8 Å². The van der Waals surface area contributed by atoms with Crippen LogP contribution < -0.4 is 5.32 Å². The van der Waals surface area contributed by atoms with Gasteiger partial charge in [-0.25, -0.2) is 4.79 Å². The molecule has 0 fully saturated rings. The lowest BCUT2D eigenvalue weighted by Gasteiger charge is -2.09. The molecule has 7 heteroatoms. The van der Waals surface area contributed by atoms with Crippen molar-refractivity contribution in [2.45, 2.75) is 27.3 Å². The minimum Gasteiger partial charge on any atom is -0.467 e. The number of anilines is 1. The van der Waals surface area contributed by atoms with Crippen molar-refractivity contribution in [3.63, 3.8) is 0 Å². The Bertz CT molecular complexity index is 1050. The van der Waals surface area contributed by atoms with E-state index in [-0.39, 0.29) is 5.78 Å². The zero-order chi connectivity index (χ0) is 21.0. The van der Waals surface area contributed by atoms with E-state index in [0.717, 1.165) is 17.1 Å². The van der Waals surface area contributed by atoms with Crippen LogP contribution in [-0.2, 0) is 16.1 Å². The zero-order valence-electron chi connectivity index (χ0n) is 16.5. The molecule has 3 aromatic rings. The van der Waals surface area contributed by atoms with Crippen molar-refractivity contribution < 1.29 is 23.5 Å². The van der Waals surface area contributed by atoms with E-state index in [9.17, 15) is 14.4 Å². The van der Waals surface area contributed by atoms with Gasteiger partial charge >= 0.3 is 5.97 Å². The molecule has 0 unspecified atom stereocenters. The van der Waals surface area contributed by atoms with E-state index in [1.807, 2.05) is 30.5 Å². The van der Waals surface area contributed by atoms with Gasteiger partial charge in [-0.15, -0.1) is 0 Å². The van der Waals surface area contributed by atoms with E-state index >= 15 is 0 Å². The summed E-state index contributed by atoms with van der Waals surface area (Å²) in [5.41, 5.74) is 2.98. The minimum atomic E-state index is -0.573. The second-order valence-corrected chi connectivity index (χ2v) is 6.71. The molecule has 2 heterocycles. The van der Waals surface area contributed by atoms with Crippen molar-refractivity contribution >= 4 is 23.3 Å². The first kappa shape index (κ1) is 20.1. The Morgan fingerprint density at radius 2 is 1.90 bits per heavy atom. The van der Waals surface area contributed by atoms with Crippen LogP contribution in [-0.4, -0.2) is 28.8 Å². The van der Waals surface area contributed by atoms with Gasteiger partial charge in [-0.2, -0.15) is 0 Å². The summed E-state index contributed by atoms with van der Waals surface area (Å²) in [6.45, 7) is 5.24. The molecule has 0 atom stereocenters. The highest BCUT2D eigenvalue weighted by Crippen LogP contribution is 2.18. The van der Waals surface area contributed by atoms with Crippen LogP contribution in [0.3, 0.4) is 0 Å². The van der Waals surface area contributed by atoms with Crippen LogP contribution in [0.25, 0.3) is 0 Å². The highest BCUT2D eigenvalue weighted by atomic mass is 16.5. The second kappa shape index (κ2) is 8.60. The van der Waals surface area contributed by atoms with E-state index in [4.69, 9.17) is 9.15 Å². The number of furan rings is 1. The number of nitrogens with zero attached hydrogens (tertiary/aromatic N) is 1. The molecule has 0 radical (unpaired) electrons. The number of Topliss-reactive ketones (excluding diaryl/α,β-unsaturated/α-hetero) is 1. The third-order valence-electron chi connectivity index (χ3n) is 4.57. The Labute approximate surface area is 168 Å². The number of ketones is 1. The molecule has 3 rings (SSSR count). The molecule has 0 aliphatic heterocycles. The molecular weight excluding hydrogens is 372 g/mol. The highest BCUT2D eigenvalue weighted by Gasteiger charge is 2.19. The Hall–Kier alpha value is -3.61. The molecule has 1 N–H and O–H groups in total. The maximum Gasteiger partial charge on any atom is 0.340 e. The summed E-state index contributed by atoms with van der Waals surface area (Å²) in [6.07, 6.45) is 1.60. The number of amides is 1. The summed E-state index contributed by atoms with van der Waals surface area (Å²) >= 11 is 0. The quantitative estimate of drug-likeness (QED) is 0.487. The largest absolute Gasteiger partial charge is 0.467 e. The number of aryl methyl sites for hydroxylation is 1. The molecule has 0 bridgehead atoms. The lowest BCUT2D eigenvalue weighted by molar-refractivity contribution is -0.119. The summed E-state index contributed by atoms with van der Waals surface area (Å²) in [6, 6.07) is 12.0. The number of esters is 1.